The number of carbonyl (C=O) groups is 1. The van der Waals surface area contributed by atoms with Gasteiger partial charge in [0, 0.05) is 6.07 Å². The van der Waals surface area contributed by atoms with Crippen LogP contribution in [0.1, 0.15) is 22.9 Å². The molecule has 1 aromatic heterocycles. The number of anilines is 1. The van der Waals surface area contributed by atoms with Crippen LogP contribution in [0.25, 0.3) is 0 Å². The fourth-order valence-corrected chi connectivity index (χ4v) is 2.69. The molecule has 140 valence electrons. The standard InChI is InChI=1S/C20H20FN3O3/c1-13-11-18(24-27-13)23-19(25)12-22-20(14-3-7-16(21)8-4-14)15-5-9-17(26-2)10-6-15/h3-11,20,22H,12H2,1-2H3,(H,23,24,25)/t20-/m0/s1. The van der Waals surface area contributed by atoms with Gasteiger partial charge >= 0.3 is 0 Å². The molecule has 1 heterocycles. The minimum atomic E-state index is -0.314. The molecular weight excluding hydrogens is 349 g/mol. The molecule has 7 heteroatoms. The Hall–Kier alpha value is -3.19. The number of methoxy groups -OCH3 is 1. The van der Waals surface area contributed by atoms with Crippen molar-refractivity contribution in [1.82, 2.24) is 10.5 Å². The van der Waals surface area contributed by atoms with Crippen molar-refractivity contribution in [2.75, 3.05) is 19.0 Å². The van der Waals surface area contributed by atoms with Gasteiger partial charge < -0.3 is 14.6 Å². The lowest BCUT2D eigenvalue weighted by Gasteiger charge is -2.20. The van der Waals surface area contributed by atoms with Gasteiger partial charge in [-0.1, -0.05) is 29.4 Å². The van der Waals surface area contributed by atoms with E-state index in [0.29, 0.717) is 11.6 Å². The van der Waals surface area contributed by atoms with Gasteiger partial charge in [-0.05, 0) is 42.3 Å². The number of carbonyl (C=O) groups excluding carboxylic acids is 1. The molecule has 1 atom stereocenters. The highest BCUT2D eigenvalue weighted by molar-refractivity contribution is 5.91. The molecule has 27 heavy (non-hydrogen) atoms. The first-order valence-electron chi connectivity index (χ1n) is 8.41. The van der Waals surface area contributed by atoms with Crippen LogP contribution < -0.4 is 15.4 Å². The molecule has 0 unspecified atom stereocenters. The Kier molecular flexibility index (Phi) is 5.83. The topological polar surface area (TPSA) is 76.4 Å². The maximum absolute atomic E-state index is 13.3. The highest BCUT2D eigenvalue weighted by Gasteiger charge is 2.16. The van der Waals surface area contributed by atoms with E-state index in [1.807, 2.05) is 24.3 Å². The zero-order valence-corrected chi connectivity index (χ0v) is 15.0. The minimum absolute atomic E-state index is 0.0416. The van der Waals surface area contributed by atoms with Gasteiger partial charge in [0.15, 0.2) is 5.82 Å². The Bertz CT molecular complexity index is 892. The van der Waals surface area contributed by atoms with E-state index in [1.54, 1.807) is 32.2 Å². The van der Waals surface area contributed by atoms with Crippen molar-refractivity contribution in [3.63, 3.8) is 0 Å². The number of hydrogen-bond donors (Lipinski definition) is 2. The number of benzene rings is 2. The van der Waals surface area contributed by atoms with Crippen LogP contribution in [-0.4, -0.2) is 24.7 Å². The van der Waals surface area contributed by atoms with Gasteiger partial charge in [0.25, 0.3) is 0 Å². The number of hydrogen-bond acceptors (Lipinski definition) is 5. The zero-order valence-electron chi connectivity index (χ0n) is 15.0. The normalized spacial score (nSPS) is 11.8. The minimum Gasteiger partial charge on any atom is -0.497 e. The monoisotopic (exact) mass is 369 g/mol. The molecule has 2 aromatic carbocycles. The molecule has 3 rings (SSSR count). The number of nitrogens with one attached hydrogen (secondary N) is 2. The molecule has 2 N–H and O–H groups in total. The van der Waals surface area contributed by atoms with Crippen molar-refractivity contribution in [2.45, 2.75) is 13.0 Å². The van der Waals surface area contributed by atoms with Gasteiger partial charge in [-0.3, -0.25) is 10.1 Å². The predicted octanol–water partition coefficient (Wildman–Crippen LogP) is 3.45. The van der Waals surface area contributed by atoms with E-state index in [9.17, 15) is 9.18 Å². The Morgan fingerprint density at radius 3 is 2.33 bits per heavy atom. The van der Waals surface area contributed by atoms with Gasteiger partial charge in [-0.25, -0.2) is 4.39 Å². The lowest BCUT2D eigenvalue weighted by Crippen LogP contribution is -2.32. The predicted molar refractivity (Wildman–Crippen MR) is 99.1 cm³/mol. The van der Waals surface area contributed by atoms with Crippen molar-refractivity contribution in [2.24, 2.45) is 0 Å². The SMILES string of the molecule is COc1ccc([C@@H](NCC(=O)Nc2cc(C)on2)c2ccc(F)cc2)cc1. The summed E-state index contributed by atoms with van der Waals surface area (Å²) in [7, 11) is 1.60. The number of halogens is 1. The third-order valence-corrected chi connectivity index (χ3v) is 4.01. The summed E-state index contributed by atoms with van der Waals surface area (Å²) in [5, 5.41) is 9.60. The van der Waals surface area contributed by atoms with Crippen LogP contribution in [-0.2, 0) is 4.79 Å². The van der Waals surface area contributed by atoms with E-state index < -0.39 is 0 Å². The van der Waals surface area contributed by atoms with E-state index in [0.717, 1.165) is 16.9 Å². The van der Waals surface area contributed by atoms with Gasteiger partial charge in [0.1, 0.15) is 17.3 Å². The van der Waals surface area contributed by atoms with Gasteiger partial charge in [-0.2, -0.15) is 0 Å². The van der Waals surface area contributed by atoms with Gasteiger partial charge in [0.05, 0.1) is 19.7 Å². The van der Waals surface area contributed by atoms with Crippen molar-refractivity contribution in [1.29, 1.82) is 0 Å². The van der Waals surface area contributed by atoms with E-state index >= 15 is 0 Å². The fourth-order valence-electron chi connectivity index (χ4n) is 2.69. The summed E-state index contributed by atoms with van der Waals surface area (Å²) in [4.78, 5) is 12.2. The number of amides is 1. The van der Waals surface area contributed by atoms with E-state index in [2.05, 4.69) is 15.8 Å². The van der Waals surface area contributed by atoms with Crippen LogP contribution in [0.3, 0.4) is 0 Å². The van der Waals surface area contributed by atoms with Gasteiger partial charge in [-0.15, -0.1) is 0 Å². The summed E-state index contributed by atoms with van der Waals surface area (Å²) in [6.45, 7) is 1.79. The highest BCUT2D eigenvalue weighted by atomic mass is 19.1. The number of aryl methyl sites for hydroxylation is 1. The summed E-state index contributed by atoms with van der Waals surface area (Å²) < 4.78 is 23.4. The van der Waals surface area contributed by atoms with E-state index in [-0.39, 0.29) is 24.3 Å². The summed E-state index contributed by atoms with van der Waals surface area (Å²) in [5.74, 6) is 1.13. The molecule has 0 aliphatic heterocycles. The first-order valence-corrected chi connectivity index (χ1v) is 8.41. The molecule has 0 aliphatic rings. The molecule has 0 bridgehead atoms. The molecule has 0 aliphatic carbocycles. The Balaban J connectivity index is 1.74. The highest BCUT2D eigenvalue weighted by Crippen LogP contribution is 2.24. The zero-order chi connectivity index (χ0) is 19.2. The summed E-state index contributed by atoms with van der Waals surface area (Å²) in [6, 6.07) is 15.0. The molecular formula is C20H20FN3O3. The number of ether oxygens (including phenoxy) is 1. The molecule has 6 nitrogen and oxygen atoms in total. The number of rotatable bonds is 7. The molecule has 0 radical (unpaired) electrons. The summed E-state index contributed by atoms with van der Waals surface area (Å²) in [5.41, 5.74) is 1.76. The van der Waals surface area contributed by atoms with Crippen LogP contribution in [0.5, 0.6) is 5.75 Å². The Morgan fingerprint density at radius 2 is 1.78 bits per heavy atom. The maximum atomic E-state index is 13.3. The van der Waals surface area contributed by atoms with Crippen LogP contribution >= 0.6 is 0 Å². The Morgan fingerprint density at radius 1 is 1.15 bits per heavy atom. The second-order valence-corrected chi connectivity index (χ2v) is 6.01. The molecule has 0 spiro atoms. The maximum Gasteiger partial charge on any atom is 0.239 e. The van der Waals surface area contributed by atoms with E-state index in [1.165, 1.54) is 12.1 Å². The molecule has 3 aromatic rings. The quantitative estimate of drug-likeness (QED) is 0.667. The number of aromatic nitrogens is 1. The first kappa shape index (κ1) is 18.6. The molecule has 0 saturated heterocycles. The van der Waals surface area contributed by atoms with Crippen molar-refractivity contribution < 1.29 is 18.4 Å². The smallest absolute Gasteiger partial charge is 0.239 e. The second kappa shape index (κ2) is 8.46. The lowest BCUT2D eigenvalue weighted by atomic mass is 9.98. The van der Waals surface area contributed by atoms with Crippen LogP contribution in [0.15, 0.2) is 59.1 Å². The second-order valence-electron chi connectivity index (χ2n) is 6.01. The first-order chi connectivity index (χ1) is 13.0. The number of nitrogens with zero attached hydrogens (tertiary/aromatic N) is 1. The van der Waals surface area contributed by atoms with Gasteiger partial charge in [0.2, 0.25) is 5.91 Å². The van der Waals surface area contributed by atoms with Crippen LogP contribution in [0.4, 0.5) is 10.2 Å². The molecule has 0 fully saturated rings. The summed E-state index contributed by atoms with van der Waals surface area (Å²) >= 11 is 0. The Labute approximate surface area is 156 Å². The van der Waals surface area contributed by atoms with Crippen molar-refractivity contribution >= 4 is 11.7 Å². The average molecular weight is 369 g/mol. The average Bonchev–Trinajstić information content (AvgIpc) is 3.08. The summed E-state index contributed by atoms with van der Waals surface area (Å²) in [6.07, 6.45) is 0. The largest absolute Gasteiger partial charge is 0.497 e. The molecule has 0 saturated carbocycles. The third-order valence-electron chi connectivity index (χ3n) is 4.01. The van der Waals surface area contributed by atoms with Crippen LogP contribution in [0.2, 0.25) is 0 Å². The van der Waals surface area contributed by atoms with Crippen molar-refractivity contribution in [3.05, 3.63) is 77.3 Å². The van der Waals surface area contributed by atoms with Crippen molar-refractivity contribution in [3.8, 4) is 5.75 Å². The van der Waals surface area contributed by atoms with Crippen LogP contribution in [0, 0.1) is 12.7 Å². The third kappa shape index (κ3) is 4.92. The lowest BCUT2D eigenvalue weighted by molar-refractivity contribution is -0.115. The van der Waals surface area contributed by atoms with E-state index in [4.69, 9.17) is 9.26 Å². The fraction of sp³-hybridized carbons (Fsp3) is 0.200. The molecule has 1 amide bonds.